The number of amides is 2. The van der Waals surface area contributed by atoms with E-state index in [1.165, 1.54) is 0 Å². The maximum atomic E-state index is 13.4. The van der Waals surface area contributed by atoms with Crippen LogP contribution in [0.5, 0.6) is 11.5 Å². The lowest BCUT2D eigenvalue weighted by Gasteiger charge is -2.27. The molecular weight excluding hydrogens is 450 g/mol. The van der Waals surface area contributed by atoms with Gasteiger partial charge >= 0.3 is 5.97 Å². The first-order valence-corrected chi connectivity index (χ1v) is 11.9. The molecule has 35 heavy (non-hydrogen) atoms. The van der Waals surface area contributed by atoms with Gasteiger partial charge in [0.15, 0.2) is 0 Å². The molecular formula is C26H41N3O6. The summed E-state index contributed by atoms with van der Waals surface area (Å²) in [5, 5.41) is 2.69. The highest BCUT2D eigenvalue weighted by atomic mass is 16.5. The summed E-state index contributed by atoms with van der Waals surface area (Å²) < 4.78 is 15.8. The summed E-state index contributed by atoms with van der Waals surface area (Å²) in [6.45, 7) is 9.80. The number of hydrogen-bond acceptors (Lipinski definition) is 7. The minimum atomic E-state index is -1.00. The van der Waals surface area contributed by atoms with Crippen LogP contribution in [-0.2, 0) is 25.7 Å². The van der Waals surface area contributed by atoms with Crippen LogP contribution in [0.3, 0.4) is 0 Å². The molecule has 1 aromatic rings. The van der Waals surface area contributed by atoms with Gasteiger partial charge < -0.3 is 30.2 Å². The molecule has 1 aromatic carbocycles. The number of nitrogens with two attached hydrogens (primary N) is 1. The second kappa shape index (κ2) is 15.0. The first-order chi connectivity index (χ1) is 16.6. The summed E-state index contributed by atoms with van der Waals surface area (Å²) >= 11 is 0. The molecule has 0 aliphatic heterocycles. The number of methoxy groups -OCH3 is 2. The Morgan fingerprint density at radius 2 is 1.86 bits per heavy atom. The van der Waals surface area contributed by atoms with Crippen LogP contribution in [-0.4, -0.2) is 62.6 Å². The first-order valence-electron chi connectivity index (χ1n) is 11.9. The van der Waals surface area contributed by atoms with Crippen LogP contribution in [0.25, 0.3) is 0 Å². The number of esters is 1. The monoisotopic (exact) mass is 491 g/mol. The Kier molecular flexibility index (Phi) is 12.9. The molecule has 0 saturated heterocycles. The number of nitrogens with one attached hydrogen (secondary N) is 1. The predicted octanol–water partition coefficient (Wildman–Crippen LogP) is 2.67. The first kappa shape index (κ1) is 30.0. The maximum absolute atomic E-state index is 13.4. The van der Waals surface area contributed by atoms with Gasteiger partial charge in [0.25, 0.3) is 0 Å². The van der Waals surface area contributed by atoms with Gasteiger partial charge in [-0.05, 0) is 44.2 Å². The van der Waals surface area contributed by atoms with Crippen LogP contribution < -0.4 is 20.5 Å². The Bertz CT molecular complexity index is 857. The van der Waals surface area contributed by atoms with Crippen molar-refractivity contribution in [2.75, 3.05) is 27.9 Å². The molecule has 0 saturated carbocycles. The van der Waals surface area contributed by atoms with E-state index in [1.807, 2.05) is 19.9 Å². The summed E-state index contributed by atoms with van der Waals surface area (Å²) in [5.74, 6) is -0.379. The van der Waals surface area contributed by atoms with Crippen molar-refractivity contribution < 1.29 is 28.6 Å². The zero-order chi connectivity index (χ0) is 26.5. The van der Waals surface area contributed by atoms with Crippen molar-refractivity contribution in [3.8, 4) is 11.5 Å². The number of hydrogen-bond donors (Lipinski definition) is 2. The average molecular weight is 492 g/mol. The average Bonchev–Trinajstić information content (AvgIpc) is 2.82. The van der Waals surface area contributed by atoms with E-state index >= 15 is 0 Å². The molecule has 9 heteroatoms. The smallest absolute Gasteiger partial charge is 0.328 e. The van der Waals surface area contributed by atoms with Crippen LogP contribution in [0, 0.1) is 11.8 Å². The van der Waals surface area contributed by atoms with Crippen molar-refractivity contribution in [1.82, 2.24) is 10.2 Å². The minimum Gasteiger partial charge on any atom is -0.497 e. The molecule has 3 atom stereocenters. The van der Waals surface area contributed by atoms with Crippen molar-refractivity contribution in [3.05, 3.63) is 36.4 Å². The number of rotatable bonds is 15. The van der Waals surface area contributed by atoms with Crippen LogP contribution in [0.4, 0.5) is 0 Å². The summed E-state index contributed by atoms with van der Waals surface area (Å²) in [5.41, 5.74) is 6.80. The Morgan fingerprint density at radius 1 is 1.17 bits per heavy atom. The van der Waals surface area contributed by atoms with E-state index in [0.29, 0.717) is 24.3 Å². The fraction of sp³-hybridized carbons (Fsp3) is 0.577. The molecule has 0 bridgehead atoms. The van der Waals surface area contributed by atoms with Gasteiger partial charge in [-0.3, -0.25) is 9.59 Å². The van der Waals surface area contributed by atoms with E-state index in [0.717, 1.165) is 5.56 Å². The Hall–Kier alpha value is -3.07. The molecule has 0 aliphatic rings. The molecule has 0 heterocycles. The van der Waals surface area contributed by atoms with Gasteiger partial charge in [0, 0.05) is 31.1 Å². The van der Waals surface area contributed by atoms with E-state index in [-0.39, 0.29) is 31.4 Å². The standard InChI is InChI=1S/C26H41N3O6/c1-8-10-18(14-22(26(32)35-9-2)28-24(30)21(27)13-17(3)4)25(31)29(5)16-19-11-12-20(33-6)15-23(19)34-7/h8,11-12,15,17-18,21-22H,1,9-10,13-14,16,27H2,2-7H3,(H,28,30)/t18?,21-,22-/m0/s1. The number of benzene rings is 1. The van der Waals surface area contributed by atoms with Crippen molar-refractivity contribution in [2.24, 2.45) is 17.6 Å². The zero-order valence-corrected chi connectivity index (χ0v) is 21.8. The van der Waals surface area contributed by atoms with Crippen LogP contribution in [0.15, 0.2) is 30.9 Å². The van der Waals surface area contributed by atoms with Crippen LogP contribution in [0.1, 0.15) is 45.6 Å². The topological polar surface area (TPSA) is 120 Å². The van der Waals surface area contributed by atoms with Gasteiger partial charge in [-0.1, -0.05) is 19.9 Å². The fourth-order valence-corrected chi connectivity index (χ4v) is 3.76. The molecule has 2 amide bonds. The van der Waals surface area contributed by atoms with Crippen LogP contribution in [0.2, 0.25) is 0 Å². The molecule has 1 rings (SSSR count). The largest absolute Gasteiger partial charge is 0.497 e. The molecule has 0 fully saturated rings. The summed E-state index contributed by atoms with van der Waals surface area (Å²) in [6.07, 6.45) is 2.49. The summed E-state index contributed by atoms with van der Waals surface area (Å²) in [6, 6.07) is 3.62. The predicted molar refractivity (Wildman–Crippen MR) is 135 cm³/mol. The second-order valence-corrected chi connectivity index (χ2v) is 8.88. The van der Waals surface area contributed by atoms with E-state index < -0.39 is 29.9 Å². The number of nitrogens with zero attached hydrogens (tertiary/aromatic N) is 1. The Labute approximate surface area is 209 Å². The van der Waals surface area contributed by atoms with E-state index in [4.69, 9.17) is 19.9 Å². The summed E-state index contributed by atoms with van der Waals surface area (Å²) in [4.78, 5) is 40.2. The van der Waals surface area contributed by atoms with Gasteiger partial charge in [-0.2, -0.15) is 0 Å². The van der Waals surface area contributed by atoms with Crippen molar-refractivity contribution in [2.45, 2.75) is 58.7 Å². The third kappa shape index (κ3) is 9.60. The van der Waals surface area contributed by atoms with Gasteiger partial charge in [-0.25, -0.2) is 4.79 Å². The second-order valence-electron chi connectivity index (χ2n) is 8.88. The van der Waals surface area contributed by atoms with Crippen molar-refractivity contribution in [1.29, 1.82) is 0 Å². The number of carbonyl (C=O) groups excluding carboxylic acids is 3. The minimum absolute atomic E-state index is 0.0634. The quantitative estimate of drug-likeness (QED) is 0.286. The molecule has 196 valence electrons. The third-order valence-electron chi connectivity index (χ3n) is 5.55. The van der Waals surface area contributed by atoms with E-state index in [1.54, 1.807) is 51.3 Å². The lowest BCUT2D eigenvalue weighted by atomic mass is 9.94. The Balaban J connectivity index is 3.05. The molecule has 0 aliphatic carbocycles. The highest BCUT2D eigenvalue weighted by Gasteiger charge is 2.32. The third-order valence-corrected chi connectivity index (χ3v) is 5.55. The zero-order valence-electron chi connectivity index (χ0n) is 21.8. The van der Waals surface area contributed by atoms with Gasteiger partial charge in [-0.15, -0.1) is 6.58 Å². The van der Waals surface area contributed by atoms with Crippen molar-refractivity contribution >= 4 is 17.8 Å². The highest BCUT2D eigenvalue weighted by Crippen LogP contribution is 2.26. The number of ether oxygens (including phenoxy) is 3. The summed E-state index contributed by atoms with van der Waals surface area (Å²) in [7, 11) is 4.80. The van der Waals surface area contributed by atoms with Crippen LogP contribution >= 0.6 is 0 Å². The van der Waals surface area contributed by atoms with E-state index in [9.17, 15) is 14.4 Å². The highest BCUT2D eigenvalue weighted by molar-refractivity contribution is 5.88. The SMILES string of the molecule is C=CCC(C[C@H](NC(=O)[C@@H](N)CC(C)C)C(=O)OCC)C(=O)N(C)Cc1ccc(OC)cc1OC. The lowest BCUT2D eigenvalue weighted by Crippen LogP contribution is -2.50. The molecule has 3 N–H and O–H groups in total. The maximum Gasteiger partial charge on any atom is 0.328 e. The lowest BCUT2D eigenvalue weighted by molar-refractivity contribution is -0.148. The number of carbonyl (C=O) groups is 3. The number of allylic oxidation sites excluding steroid dienone is 1. The molecule has 1 unspecified atom stereocenters. The normalized spacial score (nSPS) is 13.4. The van der Waals surface area contributed by atoms with Crippen molar-refractivity contribution in [3.63, 3.8) is 0 Å². The fourth-order valence-electron chi connectivity index (χ4n) is 3.76. The molecule has 0 radical (unpaired) electrons. The van der Waals surface area contributed by atoms with Gasteiger partial charge in [0.2, 0.25) is 11.8 Å². The molecule has 9 nitrogen and oxygen atoms in total. The van der Waals surface area contributed by atoms with Gasteiger partial charge in [0.05, 0.1) is 26.9 Å². The molecule has 0 aromatic heterocycles. The van der Waals surface area contributed by atoms with Gasteiger partial charge in [0.1, 0.15) is 17.5 Å². The Morgan fingerprint density at radius 3 is 2.40 bits per heavy atom. The van der Waals surface area contributed by atoms with E-state index in [2.05, 4.69) is 11.9 Å². The molecule has 0 spiro atoms.